The second-order valence-electron chi connectivity index (χ2n) is 6.92. The maximum Gasteiger partial charge on any atom is 0.251 e. The van der Waals surface area contributed by atoms with Crippen LogP contribution in [0.5, 0.6) is 0 Å². The molecule has 128 valence electrons. The fourth-order valence-electron chi connectivity index (χ4n) is 2.74. The van der Waals surface area contributed by atoms with Gasteiger partial charge in [-0.05, 0) is 51.0 Å². The molecule has 0 fully saturated rings. The van der Waals surface area contributed by atoms with Crippen molar-refractivity contribution in [3.05, 3.63) is 65.2 Å². The normalized spacial score (nSPS) is 12.7. The van der Waals surface area contributed by atoms with E-state index < -0.39 is 0 Å². The number of carbonyl (C=O) groups excluding carboxylic acids is 1. The number of amides is 1. The highest BCUT2D eigenvalue weighted by Gasteiger charge is 2.22. The van der Waals surface area contributed by atoms with E-state index in [9.17, 15) is 4.79 Å². The summed E-state index contributed by atoms with van der Waals surface area (Å²) in [4.78, 5) is 12.4. The minimum absolute atomic E-state index is 0.0953. The van der Waals surface area contributed by atoms with E-state index in [1.54, 1.807) is 12.1 Å². The first kappa shape index (κ1) is 18.0. The van der Waals surface area contributed by atoms with E-state index in [1.165, 1.54) is 5.56 Å². The van der Waals surface area contributed by atoms with Crippen LogP contribution in [0.25, 0.3) is 0 Å². The van der Waals surface area contributed by atoms with Gasteiger partial charge < -0.3 is 16.4 Å². The molecule has 0 aliphatic carbocycles. The van der Waals surface area contributed by atoms with Crippen LogP contribution in [0.4, 0.5) is 5.69 Å². The predicted molar refractivity (Wildman–Crippen MR) is 100.0 cm³/mol. The molecule has 0 bridgehead atoms. The fourth-order valence-corrected chi connectivity index (χ4v) is 2.74. The zero-order chi connectivity index (χ0) is 17.7. The van der Waals surface area contributed by atoms with Crippen LogP contribution in [-0.2, 0) is 0 Å². The molecule has 2 rings (SSSR count). The van der Waals surface area contributed by atoms with Crippen molar-refractivity contribution in [2.75, 3.05) is 12.3 Å². The molecule has 4 heteroatoms. The Morgan fingerprint density at radius 3 is 2.50 bits per heavy atom. The van der Waals surface area contributed by atoms with Crippen LogP contribution in [0, 0.1) is 6.92 Å². The molecule has 24 heavy (non-hydrogen) atoms. The minimum atomic E-state index is -0.237. The lowest BCUT2D eigenvalue weighted by atomic mass is 10.0. The van der Waals surface area contributed by atoms with E-state index in [-0.39, 0.29) is 17.5 Å². The number of nitrogens with two attached hydrogens (primary N) is 1. The van der Waals surface area contributed by atoms with E-state index in [2.05, 4.69) is 43.5 Å². The third-order valence-corrected chi connectivity index (χ3v) is 4.10. The van der Waals surface area contributed by atoms with Crippen molar-refractivity contribution in [2.24, 2.45) is 0 Å². The number of carbonyl (C=O) groups is 1. The van der Waals surface area contributed by atoms with Crippen LogP contribution in [0.2, 0.25) is 0 Å². The van der Waals surface area contributed by atoms with Crippen LogP contribution < -0.4 is 16.4 Å². The van der Waals surface area contributed by atoms with Crippen molar-refractivity contribution in [3.63, 3.8) is 0 Å². The number of nitrogen functional groups attached to an aromatic ring is 1. The van der Waals surface area contributed by atoms with Gasteiger partial charge in [-0.2, -0.15) is 0 Å². The van der Waals surface area contributed by atoms with E-state index in [4.69, 9.17) is 5.73 Å². The number of rotatable bonds is 6. The van der Waals surface area contributed by atoms with Crippen molar-refractivity contribution in [2.45, 2.75) is 39.3 Å². The average Bonchev–Trinajstić information content (AvgIpc) is 2.55. The second kappa shape index (κ2) is 7.49. The van der Waals surface area contributed by atoms with Crippen LogP contribution in [-0.4, -0.2) is 18.0 Å². The lowest BCUT2D eigenvalue weighted by Crippen LogP contribution is -2.49. The van der Waals surface area contributed by atoms with Gasteiger partial charge in [-0.3, -0.25) is 4.79 Å². The first-order valence-corrected chi connectivity index (χ1v) is 8.25. The molecule has 0 saturated heterocycles. The molecule has 0 heterocycles. The Labute approximate surface area is 144 Å². The third kappa shape index (κ3) is 4.83. The molecule has 0 spiro atoms. The molecule has 0 saturated carbocycles. The summed E-state index contributed by atoms with van der Waals surface area (Å²) in [5, 5.41) is 6.57. The smallest absolute Gasteiger partial charge is 0.251 e. The van der Waals surface area contributed by atoms with Gasteiger partial charge in [0.25, 0.3) is 5.91 Å². The van der Waals surface area contributed by atoms with Crippen LogP contribution in [0.3, 0.4) is 0 Å². The lowest BCUT2D eigenvalue weighted by molar-refractivity contribution is 0.0940. The lowest BCUT2D eigenvalue weighted by Gasteiger charge is -2.31. The van der Waals surface area contributed by atoms with Crippen molar-refractivity contribution in [1.82, 2.24) is 10.6 Å². The summed E-state index contributed by atoms with van der Waals surface area (Å²) in [5.74, 6) is -0.0953. The van der Waals surface area contributed by atoms with E-state index in [0.717, 1.165) is 5.56 Å². The average molecular weight is 325 g/mol. The van der Waals surface area contributed by atoms with Gasteiger partial charge in [-0.25, -0.2) is 0 Å². The van der Waals surface area contributed by atoms with Crippen LogP contribution >= 0.6 is 0 Å². The molecule has 1 unspecified atom stereocenters. The van der Waals surface area contributed by atoms with Crippen molar-refractivity contribution in [3.8, 4) is 0 Å². The summed E-state index contributed by atoms with van der Waals surface area (Å²) < 4.78 is 0. The van der Waals surface area contributed by atoms with E-state index in [0.29, 0.717) is 17.8 Å². The first-order chi connectivity index (χ1) is 11.3. The Bertz CT molecular complexity index is 695. The minimum Gasteiger partial charge on any atom is -0.399 e. The summed E-state index contributed by atoms with van der Waals surface area (Å²) in [5.41, 5.74) is 8.92. The molecule has 2 aromatic rings. The standard InChI is InChI=1S/C20H27N3O/c1-14-10-11-17(21)12-18(14)19(24)22-13-20(3,4)23-15(2)16-8-6-5-7-9-16/h5-12,15,23H,13,21H2,1-4H3,(H,22,24). The fraction of sp³-hybridized carbons (Fsp3) is 0.350. The molecular weight excluding hydrogens is 298 g/mol. The molecule has 2 aromatic carbocycles. The zero-order valence-corrected chi connectivity index (χ0v) is 14.9. The molecule has 0 aliphatic heterocycles. The van der Waals surface area contributed by atoms with Gasteiger partial charge in [0, 0.05) is 29.4 Å². The SMILES string of the molecule is Cc1ccc(N)cc1C(=O)NCC(C)(C)NC(C)c1ccccc1. The highest BCUT2D eigenvalue weighted by Crippen LogP contribution is 2.16. The van der Waals surface area contributed by atoms with Gasteiger partial charge in [-0.1, -0.05) is 36.4 Å². The number of hydrogen-bond acceptors (Lipinski definition) is 3. The molecule has 0 radical (unpaired) electrons. The zero-order valence-electron chi connectivity index (χ0n) is 14.9. The van der Waals surface area contributed by atoms with Gasteiger partial charge in [0.1, 0.15) is 0 Å². The molecule has 4 N–H and O–H groups in total. The molecule has 1 atom stereocenters. The highest BCUT2D eigenvalue weighted by molar-refractivity contribution is 5.96. The van der Waals surface area contributed by atoms with Crippen LogP contribution in [0.15, 0.2) is 48.5 Å². The van der Waals surface area contributed by atoms with Gasteiger partial charge >= 0.3 is 0 Å². The molecular formula is C20H27N3O. The Morgan fingerprint density at radius 1 is 1.17 bits per heavy atom. The molecule has 0 aromatic heterocycles. The van der Waals surface area contributed by atoms with Crippen molar-refractivity contribution in [1.29, 1.82) is 0 Å². The highest BCUT2D eigenvalue weighted by atomic mass is 16.1. The Hall–Kier alpha value is -2.33. The summed E-state index contributed by atoms with van der Waals surface area (Å²) in [6.07, 6.45) is 0. The summed E-state index contributed by atoms with van der Waals surface area (Å²) >= 11 is 0. The monoisotopic (exact) mass is 325 g/mol. The number of aryl methyl sites for hydroxylation is 1. The Morgan fingerprint density at radius 2 is 1.83 bits per heavy atom. The topological polar surface area (TPSA) is 67.2 Å². The number of benzene rings is 2. The van der Waals surface area contributed by atoms with E-state index in [1.807, 2.05) is 31.2 Å². The van der Waals surface area contributed by atoms with E-state index >= 15 is 0 Å². The number of nitrogens with one attached hydrogen (secondary N) is 2. The van der Waals surface area contributed by atoms with Crippen LogP contribution in [0.1, 0.15) is 48.3 Å². The molecule has 1 amide bonds. The quantitative estimate of drug-likeness (QED) is 0.713. The summed E-state index contributed by atoms with van der Waals surface area (Å²) in [6, 6.07) is 15.9. The third-order valence-electron chi connectivity index (χ3n) is 4.10. The number of anilines is 1. The number of hydrogen-bond donors (Lipinski definition) is 3. The van der Waals surface area contributed by atoms with Gasteiger partial charge in [0.2, 0.25) is 0 Å². The molecule has 0 aliphatic rings. The van der Waals surface area contributed by atoms with Gasteiger partial charge in [0.05, 0.1) is 0 Å². The maximum absolute atomic E-state index is 12.4. The van der Waals surface area contributed by atoms with Crippen molar-refractivity contribution >= 4 is 11.6 Å². The first-order valence-electron chi connectivity index (χ1n) is 8.25. The maximum atomic E-state index is 12.4. The Balaban J connectivity index is 1.97. The van der Waals surface area contributed by atoms with Crippen molar-refractivity contribution < 1.29 is 4.79 Å². The van der Waals surface area contributed by atoms with Gasteiger partial charge in [-0.15, -0.1) is 0 Å². The molecule has 4 nitrogen and oxygen atoms in total. The predicted octanol–water partition coefficient (Wildman–Crippen LogP) is 3.44. The van der Waals surface area contributed by atoms with Gasteiger partial charge in [0.15, 0.2) is 0 Å². The summed E-state index contributed by atoms with van der Waals surface area (Å²) in [7, 11) is 0. The Kier molecular flexibility index (Phi) is 5.62. The summed E-state index contributed by atoms with van der Waals surface area (Å²) in [6.45, 7) is 8.73. The largest absolute Gasteiger partial charge is 0.399 e. The second-order valence-corrected chi connectivity index (χ2v) is 6.92.